The van der Waals surface area contributed by atoms with Crippen LogP contribution in [0.25, 0.3) is 0 Å². The Hall–Kier alpha value is -0.562. The van der Waals surface area contributed by atoms with Crippen molar-refractivity contribution in [1.29, 1.82) is 0 Å². The Bertz CT molecular complexity index is 303. The molecule has 0 N–H and O–H groups in total. The van der Waals surface area contributed by atoms with Gasteiger partial charge in [-0.3, -0.25) is 0 Å². The molecule has 0 fully saturated rings. The van der Waals surface area contributed by atoms with Crippen molar-refractivity contribution >= 4 is 20.0 Å². The van der Waals surface area contributed by atoms with Gasteiger partial charge >= 0.3 is 63.7 Å². The molecule has 4 heteroatoms. The van der Waals surface area contributed by atoms with E-state index in [9.17, 15) is 12.5 Å². The fourth-order valence-electron chi connectivity index (χ4n) is 0.509. The Balaban J connectivity index is 3.35. The summed E-state index contributed by atoms with van der Waals surface area (Å²) in [5.41, 5.74) is 0. The topological polar surface area (TPSA) is 17.1 Å². The molecule has 0 aromatic heterocycles. The van der Waals surface area contributed by atoms with E-state index in [0.717, 1.165) is 12.1 Å². The first-order valence-corrected chi connectivity index (χ1v) is 4.14. The van der Waals surface area contributed by atoms with Crippen LogP contribution in [0.5, 0.6) is 0 Å². The van der Waals surface area contributed by atoms with Crippen molar-refractivity contribution in [3.8, 4) is 0 Å². The van der Waals surface area contributed by atoms with Crippen LogP contribution in [-0.2, 0) is 3.74 Å². The van der Waals surface area contributed by atoms with E-state index >= 15 is 0 Å². The Morgan fingerprint density at radius 3 is 2.80 bits per heavy atom. The number of hydrogen-bond donors (Lipinski definition) is 0. The fourth-order valence-corrected chi connectivity index (χ4v) is 1.17. The minimum absolute atomic E-state index is 0.162. The molecule has 1 rings (SSSR count). The van der Waals surface area contributed by atoms with E-state index in [0.29, 0.717) is 0 Å². The molecule has 0 saturated carbocycles. The normalized spacial score (nSPS) is 11.6. The molecule has 0 radical (unpaired) electrons. The fraction of sp³-hybridized carbons (Fsp3) is 0. The zero-order valence-electron chi connectivity index (χ0n) is 5.77. The average molecular weight is 205 g/mol. The molecule has 10 heavy (non-hydrogen) atoms. The molecule has 0 amide bonds. The molecule has 0 bridgehead atoms. The maximum atomic E-state index is 12.5. The van der Waals surface area contributed by atoms with Gasteiger partial charge in [0.2, 0.25) is 0 Å². The van der Waals surface area contributed by atoms with E-state index < -0.39 is 27.3 Å². The van der Waals surface area contributed by atoms with Crippen LogP contribution < -0.4 is 4.35 Å². The summed E-state index contributed by atoms with van der Waals surface area (Å²) in [6.07, 6.45) is 0. The molecule has 0 heterocycles. The average Bonchev–Trinajstić information content (AvgIpc) is 1.96. The van der Waals surface area contributed by atoms with Gasteiger partial charge in [0.15, 0.2) is 0 Å². The van der Waals surface area contributed by atoms with Gasteiger partial charge in [0.25, 0.3) is 0 Å². The summed E-state index contributed by atoms with van der Waals surface area (Å²) in [7, 11) is 0. The van der Waals surface area contributed by atoms with E-state index in [1.165, 1.54) is 0 Å². The molecule has 0 atom stereocenters. The van der Waals surface area contributed by atoms with Crippen LogP contribution in [0.1, 0.15) is 1.37 Å². The van der Waals surface area contributed by atoms with Crippen LogP contribution in [0.4, 0.5) is 8.78 Å². The van der Waals surface area contributed by atoms with Crippen molar-refractivity contribution < 1.29 is 13.9 Å². The van der Waals surface area contributed by atoms with Gasteiger partial charge in [-0.2, -0.15) is 0 Å². The quantitative estimate of drug-likeness (QED) is 0.615. The van der Waals surface area contributed by atoms with Crippen molar-refractivity contribution in [2.45, 2.75) is 0 Å². The molecule has 1 aromatic rings. The van der Waals surface area contributed by atoms with Crippen LogP contribution in [0.2, 0.25) is 0 Å². The number of halogens is 2. The summed E-state index contributed by atoms with van der Waals surface area (Å²) in [6, 6.07) is 1.64. The summed E-state index contributed by atoms with van der Waals surface area (Å²) in [5.74, 6) is -2.21. The van der Waals surface area contributed by atoms with Crippen molar-refractivity contribution in [2.24, 2.45) is 0 Å². The van der Waals surface area contributed by atoms with Crippen molar-refractivity contribution in [2.75, 3.05) is 0 Å². The van der Waals surface area contributed by atoms with E-state index in [2.05, 4.69) is 0 Å². The molecule has 1 aromatic carbocycles. The molecule has 0 aliphatic rings. The van der Waals surface area contributed by atoms with Crippen LogP contribution in [-0.4, -0.2) is 15.7 Å². The number of rotatable bonds is 1. The van der Waals surface area contributed by atoms with E-state index in [1.54, 1.807) is 0 Å². The summed E-state index contributed by atoms with van der Waals surface area (Å²) < 4.78 is 42.0. The van der Waals surface area contributed by atoms with Crippen molar-refractivity contribution in [1.82, 2.24) is 0 Å². The van der Waals surface area contributed by atoms with Crippen molar-refractivity contribution in [3.05, 3.63) is 29.8 Å². The monoisotopic (exact) mass is 205 g/mol. The second-order valence-electron chi connectivity index (χ2n) is 1.59. The summed E-state index contributed by atoms with van der Waals surface area (Å²) in [6.45, 7) is 0. The summed E-state index contributed by atoms with van der Waals surface area (Å²) >= 11 is -1.60. The third-order valence-corrected chi connectivity index (χ3v) is 2.06. The van der Waals surface area contributed by atoms with Gasteiger partial charge in [-0.1, -0.05) is 0 Å². The Morgan fingerprint density at radius 2 is 2.20 bits per heavy atom. The summed E-state index contributed by atoms with van der Waals surface area (Å²) in [4.78, 5) is 0. The minimum atomic E-state index is -1.60. The first-order valence-electron chi connectivity index (χ1n) is 2.94. The molecule has 0 aliphatic carbocycles. The van der Waals surface area contributed by atoms with Crippen LogP contribution in [0.3, 0.4) is 0 Å². The third kappa shape index (κ3) is 1.29. The second-order valence-corrected chi connectivity index (χ2v) is 2.99. The van der Waals surface area contributed by atoms with Gasteiger partial charge in [0.05, 0.1) is 0 Å². The molecule has 0 unspecified atom stereocenters. The zero-order chi connectivity index (χ0) is 8.43. The molecular formula is C6H3AsF2O. The number of benzene rings is 1. The standard InChI is InChI=1S/C6H3AsF2O/c8-5-3-1-2-4(7-10)6(5)9/h1-3H/i1D. The second kappa shape index (κ2) is 3.02. The molecule has 0 saturated heterocycles. The zero-order valence-corrected chi connectivity index (χ0v) is 6.64. The Morgan fingerprint density at radius 1 is 1.50 bits per heavy atom. The Kier molecular flexibility index (Phi) is 1.86. The van der Waals surface area contributed by atoms with Crippen molar-refractivity contribution in [3.63, 3.8) is 0 Å². The van der Waals surface area contributed by atoms with Crippen LogP contribution >= 0.6 is 0 Å². The molecule has 1 nitrogen and oxygen atoms in total. The van der Waals surface area contributed by atoms with Gasteiger partial charge in [-0.15, -0.1) is 0 Å². The van der Waals surface area contributed by atoms with Gasteiger partial charge in [-0.25, -0.2) is 0 Å². The number of hydrogen-bond acceptors (Lipinski definition) is 1. The maximum absolute atomic E-state index is 12.5. The predicted octanol–water partition coefficient (Wildman–Crippen LogP) is 0.640. The molecular weight excluding hydrogens is 201 g/mol. The van der Waals surface area contributed by atoms with Crippen LogP contribution in [0, 0.1) is 11.6 Å². The SMILES string of the molecule is [2H]c1cc(F)c(F)c([As]=O)c1. The predicted molar refractivity (Wildman–Crippen MR) is 32.4 cm³/mol. The Labute approximate surface area is 64.4 Å². The van der Waals surface area contributed by atoms with E-state index in [1.807, 2.05) is 0 Å². The van der Waals surface area contributed by atoms with Crippen LogP contribution in [0.15, 0.2) is 18.2 Å². The van der Waals surface area contributed by atoms with Gasteiger partial charge in [-0.05, 0) is 0 Å². The summed E-state index contributed by atoms with van der Waals surface area (Å²) in [5, 5.41) is 0. The molecule has 0 spiro atoms. The molecule has 0 aliphatic heterocycles. The first-order chi connectivity index (χ1) is 5.15. The van der Waals surface area contributed by atoms with E-state index in [4.69, 9.17) is 1.37 Å². The van der Waals surface area contributed by atoms with Gasteiger partial charge < -0.3 is 0 Å². The first kappa shape index (κ1) is 6.17. The van der Waals surface area contributed by atoms with Gasteiger partial charge in [0.1, 0.15) is 0 Å². The van der Waals surface area contributed by atoms with Gasteiger partial charge in [0, 0.05) is 0 Å². The molecule has 52 valence electrons. The van der Waals surface area contributed by atoms with E-state index in [-0.39, 0.29) is 10.4 Å². The third-order valence-electron chi connectivity index (χ3n) is 0.963.